The molecule has 0 spiro atoms. The van der Waals surface area contributed by atoms with E-state index in [1.807, 2.05) is 22.2 Å². The highest BCUT2D eigenvalue weighted by Crippen LogP contribution is 2.18. The maximum absolute atomic E-state index is 12.7. The van der Waals surface area contributed by atoms with E-state index in [0.717, 1.165) is 16.9 Å². The van der Waals surface area contributed by atoms with Gasteiger partial charge >= 0.3 is 0 Å². The smallest absolute Gasteiger partial charge is 0.193 e. The predicted molar refractivity (Wildman–Crippen MR) is 65.9 cm³/mol. The summed E-state index contributed by atoms with van der Waals surface area (Å²) in [6, 6.07) is 2.77. The van der Waals surface area contributed by atoms with Crippen LogP contribution in [-0.4, -0.2) is 19.5 Å². The van der Waals surface area contributed by atoms with Gasteiger partial charge in [0.05, 0.1) is 17.6 Å². The largest absolute Gasteiger partial charge is 0.386 e. The van der Waals surface area contributed by atoms with Crippen LogP contribution in [0.2, 0.25) is 0 Å². The minimum absolute atomic E-state index is 0.368. The number of fused-ring (bicyclic) bond motifs is 1. The number of nitrogens with zero attached hydrogens (tertiary/aromatic N) is 3. The quantitative estimate of drug-likeness (QED) is 0.788. The van der Waals surface area contributed by atoms with E-state index < -0.39 is 11.9 Å². The molecule has 0 saturated heterocycles. The van der Waals surface area contributed by atoms with E-state index in [1.165, 1.54) is 23.5 Å². The maximum Gasteiger partial charge on any atom is 0.193 e. The average Bonchev–Trinajstić information content (AvgIpc) is 2.90. The highest BCUT2D eigenvalue weighted by atomic mass is 32.1. The van der Waals surface area contributed by atoms with E-state index in [-0.39, 0.29) is 0 Å². The summed E-state index contributed by atoms with van der Waals surface area (Å²) in [5.41, 5.74) is 1.24. The zero-order valence-corrected chi connectivity index (χ0v) is 10.1. The van der Waals surface area contributed by atoms with Gasteiger partial charge in [-0.15, -0.1) is 11.3 Å². The molecular weight excluding hydrogens is 253 g/mol. The van der Waals surface area contributed by atoms with Crippen molar-refractivity contribution in [3.05, 3.63) is 53.3 Å². The maximum atomic E-state index is 12.7. The predicted octanol–water partition coefficient (Wildman–Crippen LogP) is 2.21. The van der Waals surface area contributed by atoms with Crippen LogP contribution in [0.25, 0.3) is 4.96 Å². The number of hydrogen-bond donors (Lipinski definition) is 1. The Kier molecular flexibility index (Phi) is 2.81. The number of pyridine rings is 1. The highest BCUT2D eigenvalue weighted by molar-refractivity contribution is 7.15. The molecule has 3 heterocycles. The summed E-state index contributed by atoms with van der Waals surface area (Å²) >= 11 is 1.54. The first-order valence-corrected chi connectivity index (χ1v) is 6.31. The Balaban J connectivity index is 1.79. The van der Waals surface area contributed by atoms with Crippen molar-refractivity contribution in [2.24, 2.45) is 0 Å². The van der Waals surface area contributed by atoms with Crippen molar-refractivity contribution in [3.63, 3.8) is 0 Å². The number of aromatic nitrogens is 3. The lowest BCUT2D eigenvalue weighted by molar-refractivity contribution is 0.172. The normalized spacial score (nSPS) is 13.0. The number of thiazole rings is 1. The molecule has 92 valence electrons. The molecule has 3 aromatic heterocycles. The van der Waals surface area contributed by atoms with Crippen LogP contribution in [0.3, 0.4) is 0 Å². The third-order valence-corrected chi connectivity index (χ3v) is 3.41. The van der Waals surface area contributed by atoms with Gasteiger partial charge in [0.2, 0.25) is 0 Å². The third-order valence-electron chi connectivity index (χ3n) is 2.64. The molecular formula is C12H10FN3OS. The SMILES string of the molecule is OC(Cc1cn2ccsc2n1)c1ccc(F)cn1. The lowest BCUT2D eigenvalue weighted by Gasteiger charge is -2.07. The van der Waals surface area contributed by atoms with E-state index in [9.17, 15) is 9.50 Å². The van der Waals surface area contributed by atoms with Gasteiger partial charge in [0, 0.05) is 24.2 Å². The molecule has 0 aliphatic heterocycles. The van der Waals surface area contributed by atoms with Gasteiger partial charge < -0.3 is 5.11 Å². The first kappa shape index (κ1) is 11.3. The molecule has 1 atom stereocenters. The van der Waals surface area contributed by atoms with E-state index >= 15 is 0 Å². The summed E-state index contributed by atoms with van der Waals surface area (Å²) in [5, 5.41) is 11.9. The molecule has 1 unspecified atom stereocenters. The molecule has 6 heteroatoms. The minimum Gasteiger partial charge on any atom is -0.386 e. The number of rotatable bonds is 3. The second-order valence-corrected chi connectivity index (χ2v) is 4.82. The van der Waals surface area contributed by atoms with Gasteiger partial charge in [-0.25, -0.2) is 9.37 Å². The van der Waals surface area contributed by atoms with Gasteiger partial charge in [-0.2, -0.15) is 0 Å². The number of halogens is 1. The summed E-state index contributed by atoms with van der Waals surface area (Å²) < 4.78 is 14.6. The number of imidazole rings is 1. The lowest BCUT2D eigenvalue weighted by Crippen LogP contribution is -2.04. The molecule has 3 rings (SSSR count). The van der Waals surface area contributed by atoms with Crippen molar-refractivity contribution in [2.45, 2.75) is 12.5 Å². The fourth-order valence-electron chi connectivity index (χ4n) is 1.76. The standard InChI is InChI=1S/C12H10FN3OS/c13-8-1-2-10(14-6-8)11(17)5-9-7-16-3-4-18-12(16)15-9/h1-4,6-7,11,17H,5H2. The summed E-state index contributed by atoms with van der Waals surface area (Å²) in [4.78, 5) is 9.13. The van der Waals surface area contributed by atoms with Crippen molar-refractivity contribution in [3.8, 4) is 0 Å². The molecule has 0 fully saturated rings. The van der Waals surface area contributed by atoms with Gasteiger partial charge in [-0.1, -0.05) is 0 Å². The molecule has 3 aromatic rings. The second kappa shape index (κ2) is 4.47. The van der Waals surface area contributed by atoms with Crippen molar-refractivity contribution in [1.82, 2.24) is 14.4 Å². The fraction of sp³-hybridized carbons (Fsp3) is 0.167. The summed E-state index contributed by atoms with van der Waals surface area (Å²) in [5.74, 6) is -0.409. The number of hydrogen-bond acceptors (Lipinski definition) is 4. The van der Waals surface area contributed by atoms with Gasteiger partial charge in [0.25, 0.3) is 0 Å². The van der Waals surface area contributed by atoms with Crippen LogP contribution in [0.4, 0.5) is 4.39 Å². The van der Waals surface area contributed by atoms with Crippen LogP contribution >= 0.6 is 11.3 Å². The Morgan fingerprint density at radius 2 is 2.33 bits per heavy atom. The minimum atomic E-state index is -0.768. The molecule has 0 aliphatic carbocycles. The Hall–Kier alpha value is -1.79. The van der Waals surface area contributed by atoms with Gasteiger partial charge in [0.15, 0.2) is 4.96 Å². The Bertz CT molecular complexity index is 633. The molecule has 0 aromatic carbocycles. The molecule has 18 heavy (non-hydrogen) atoms. The van der Waals surface area contributed by atoms with Crippen LogP contribution in [0.1, 0.15) is 17.5 Å². The molecule has 0 aliphatic rings. The van der Waals surface area contributed by atoms with E-state index in [2.05, 4.69) is 9.97 Å². The fourth-order valence-corrected chi connectivity index (χ4v) is 2.48. The first-order chi connectivity index (χ1) is 8.72. The first-order valence-electron chi connectivity index (χ1n) is 5.43. The molecule has 4 nitrogen and oxygen atoms in total. The summed E-state index contributed by atoms with van der Waals surface area (Å²) in [6.07, 6.45) is 4.49. The number of aliphatic hydroxyl groups excluding tert-OH is 1. The van der Waals surface area contributed by atoms with Crippen LogP contribution in [0.5, 0.6) is 0 Å². The molecule has 0 radical (unpaired) electrons. The van der Waals surface area contributed by atoms with Crippen molar-refractivity contribution < 1.29 is 9.50 Å². The Morgan fingerprint density at radius 3 is 3.06 bits per heavy atom. The molecule has 0 amide bonds. The van der Waals surface area contributed by atoms with Crippen molar-refractivity contribution in [2.75, 3.05) is 0 Å². The van der Waals surface area contributed by atoms with Crippen molar-refractivity contribution >= 4 is 16.3 Å². The van der Waals surface area contributed by atoms with Crippen molar-refractivity contribution in [1.29, 1.82) is 0 Å². The zero-order chi connectivity index (χ0) is 12.5. The summed E-state index contributed by atoms with van der Waals surface area (Å²) in [6.45, 7) is 0. The number of aliphatic hydroxyl groups is 1. The van der Waals surface area contributed by atoms with E-state index in [1.54, 1.807) is 0 Å². The Labute approximate surface area is 106 Å². The molecule has 0 saturated carbocycles. The average molecular weight is 263 g/mol. The Morgan fingerprint density at radius 1 is 1.44 bits per heavy atom. The van der Waals surface area contributed by atoms with Gasteiger partial charge in [0.1, 0.15) is 11.9 Å². The third kappa shape index (κ3) is 2.12. The molecule has 0 bridgehead atoms. The van der Waals surface area contributed by atoms with Crippen LogP contribution in [-0.2, 0) is 6.42 Å². The lowest BCUT2D eigenvalue weighted by atomic mass is 10.1. The van der Waals surface area contributed by atoms with E-state index in [4.69, 9.17) is 0 Å². The highest BCUT2D eigenvalue weighted by Gasteiger charge is 2.12. The topological polar surface area (TPSA) is 50.4 Å². The monoisotopic (exact) mass is 263 g/mol. The van der Waals surface area contributed by atoms with Gasteiger partial charge in [-0.3, -0.25) is 9.38 Å². The van der Waals surface area contributed by atoms with Crippen LogP contribution < -0.4 is 0 Å². The van der Waals surface area contributed by atoms with Crippen LogP contribution in [0.15, 0.2) is 36.1 Å². The van der Waals surface area contributed by atoms with E-state index in [0.29, 0.717) is 12.1 Å². The zero-order valence-electron chi connectivity index (χ0n) is 9.32. The molecule has 1 N–H and O–H groups in total. The van der Waals surface area contributed by atoms with Gasteiger partial charge in [-0.05, 0) is 12.1 Å². The summed E-state index contributed by atoms with van der Waals surface area (Å²) in [7, 11) is 0. The second-order valence-electron chi connectivity index (χ2n) is 3.95. The van der Waals surface area contributed by atoms with Crippen LogP contribution in [0, 0.1) is 5.82 Å².